The molecule has 32 heavy (non-hydrogen) atoms. The number of thiophene rings is 1. The Bertz CT molecular complexity index is 1140. The van der Waals surface area contributed by atoms with Gasteiger partial charge >= 0.3 is 0 Å². The van der Waals surface area contributed by atoms with Gasteiger partial charge in [0.1, 0.15) is 17.3 Å². The van der Waals surface area contributed by atoms with Gasteiger partial charge in [0.2, 0.25) is 5.91 Å². The maximum Gasteiger partial charge on any atom is 0.227 e. The second-order valence-electron chi connectivity index (χ2n) is 8.02. The Kier molecular flexibility index (Phi) is 5.65. The van der Waals surface area contributed by atoms with Crippen molar-refractivity contribution in [2.45, 2.75) is 25.5 Å². The third-order valence-electron chi connectivity index (χ3n) is 6.12. The van der Waals surface area contributed by atoms with E-state index in [1.54, 1.807) is 12.3 Å². The van der Waals surface area contributed by atoms with E-state index in [2.05, 4.69) is 31.5 Å². The zero-order valence-electron chi connectivity index (χ0n) is 17.6. The van der Waals surface area contributed by atoms with Crippen molar-refractivity contribution >= 4 is 17.2 Å². The van der Waals surface area contributed by atoms with Crippen LogP contribution in [-0.2, 0) is 16.0 Å². The highest BCUT2D eigenvalue weighted by molar-refractivity contribution is 7.10. The van der Waals surface area contributed by atoms with Crippen LogP contribution in [0.4, 0.5) is 0 Å². The number of pyridine rings is 1. The quantitative estimate of drug-likeness (QED) is 0.581. The lowest BCUT2D eigenvalue weighted by molar-refractivity contribution is -0.139. The lowest BCUT2D eigenvalue weighted by atomic mass is 10.0. The van der Waals surface area contributed by atoms with Crippen LogP contribution in [0.25, 0.3) is 5.82 Å². The molecule has 3 aromatic rings. The predicted molar refractivity (Wildman–Crippen MR) is 115 cm³/mol. The number of nitrogens with zero attached hydrogens (tertiary/aromatic N) is 8. The standard InChI is InChI=1S/C21H22N8O2S/c1-14-17(12-32-19(14)7-22)18-10-27-4-5-28(9-16(27)11-31-18)21(30)6-15-2-3-20(23-8-15)29-13-24-25-26-29/h2-3,8,12-13,16,18H,4-6,9-11H2,1H3/t16-,18+/m0/s1. The van der Waals surface area contributed by atoms with Crippen molar-refractivity contribution < 1.29 is 9.53 Å². The number of tetrazole rings is 1. The molecule has 5 rings (SSSR count). The van der Waals surface area contributed by atoms with Crippen LogP contribution in [0.15, 0.2) is 30.0 Å². The molecule has 0 unspecified atom stereocenters. The molecule has 2 fully saturated rings. The van der Waals surface area contributed by atoms with Crippen molar-refractivity contribution in [3.63, 3.8) is 0 Å². The summed E-state index contributed by atoms with van der Waals surface area (Å²) in [5.74, 6) is 0.701. The maximum atomic E-state index is 12.9. The van der Waals surface area contributed by atoms with Gasteiger partial charge in [-0.25, -0.2) is 4.98 Å². The molecule has 2 aliphatic heterocycles. The Hall–Kier alpha value is -3.20. The first-order valence-electron chi connectivity index (χ1n) is 10.4. The minimum absolute atomic E-state index is 0.0170. The largest absolute Gasteiger partial charge is 0.370 e. The fourth-order valence-electron chi connectivity index (χ4n) is 4.27. The van der Waals surface area contributed by atoms with Gasteiger partial charge in [0, 0.05) is 32.4 Å². The predicted octanol–water partition coefficient (Wildman–Crippen LogP) is 1.13. The van der Waals surface area contributed by atoms with Crippen LogP contribution >= 0.6 is 11.3 Å². The van der Waals surface area contributed by atoms with Gasteiger partial charge in [-0.3, -0.25) is 9.69 Å². The van der Waals surface area contributed by atoms with Crippen LogP contribution in [0, 0.1) is 18.3 Å². The molecule has 2 saturated heterocycles. The van der Waals surface area contributed by atoms with E-state index in [0.29, 0.717) is 31.9 Å². The molecule has 11 heteroatoms. The fraction of sp³-hybridized carbons (Fsp3) is 0.429. The number of aromatic nitrogens is 5. The summed E-state index contributed by atoms with van der Waals surface area (Å²) >= 11 is 1.48. The van der Waals surface area contributed by atoms with E-state index in [1.807, 2.05) is 23.3 Å². The second-order valence-corrected chi connectivity index (χ2v) is 8.90. The summed E-state index contributed by atoms with van der Waals surface area (Å²) in [6.45, 7) is 5.53. The first-order chi connectivity index (χ1) is 15.6. The lowest BCUT2D eigenvalue weighted by Gasteiger charge is -2.46. The number of rotatable bonds is 4. The number of carbonyl (C=O) groups is 1. The van der Waals surface area contributed by atoms with Gasteiger partial charge in [0.15, 0.2) is 5.82 Å². The molecule has 1 amide bonds. The number of amides is 1. The van der Waals surface area contributed by atoms with Crippen molar-refractivity contribution in [3.8, 4) is 11.9 Å². The normalized spacial score (nSPS) is 21.2. The van der Waals surface area contributed by atoms with E-state index >= 15 is 0 Å². The van der Waals surface area contributed by atoms with E-state index in [1.165, 1.54) is 22.3 Å². The molecule has 5 heterocycles. The number of hydrogen-bond acceptors (Lipinski definition) is 9. The maximum absolute atomic E-state index is 12.9. The second kappa shape index (κ2) is 8.74. The zero-order chi connectivity index (χ0) is 22.1. The highest BCUT2D eigenvalue weighted by atomic mass is 32.1. The Morgan fingerprint density at radius 3 is 2.97 bits per heavy atom. The van der Waals surface area contributed by atoms with Crippen LogP contribution in [0.5, 0.6) is 0 Å². The molecule has 0 aromatic carbocycles. The summed E-state index contributed by atoms with van der Waals surface area (Å²) in [4.78, 5) is 22.3. The third-order valence-corrected chi connectivity index (χ3v) is 7.13. The van der Waals surface area contributed by atoms with Crippen LogP contribution in [0.1, 0.15) is 27.7 Å². The Labute approximate surface area is 189 Å². The molecule has 0 radical (unpaired) electrons. The van der Waals surface area contributed by atoms with Crippen molar-refractivity contribution in [1.29, 1.82) is 5.26 Å². The molecule has 2 aliphatic rings. The molecule has 0 bridgehead atoms. The van der Waals surface area contributed by atoms with Crippen LogP contribution < -0.4 is 0 Å². The molecule has 3 aromatic heterocycles. The van der Waals surface area contributed by atoms with Gasteiger partial charge in [-0.05, 0) is 45.5 Å². The van der Waals surface area contributed by atoms with Crippen LogP contribution in [0.2, 0.25) is 0 Å². The first-order valence-corrected chi connectivity index (χ1v) is 11.3. The number of carbonyl (C=O) groups excluding carboxylic acids is 1. The Balaban J connectivity index is 1.17. The number of ether oxygens (including phenoxy) is 1. The zero-order valence-corrected chi connectivity index (χ0v) is 18.4. The number of fused-ring (bicyclic) bond motifs is 1. The van der Waals surface area contributed by atoms with E-state index in [4.69, 9.17) is 4.74 Å². The van der Waals surface area contributed by atoms with E-state index in [0.717, 1.165) is 34.7 Å². The summed E-state index contributed by atoms with van der Waals surface area (Å²) in [6.07, 6.45) is 3.46. The summed E-state index contributed by atoms with van der Waals surface area (Å²) in [6, 6.07) is 6.13. The molecular weight excluding hydrogens is 428 g/mol. The number of hydrogen-bond donors (Lipinski definition) is 0. The smallest absolute Gasteiger partial charge is 0.227 e. The number of nitriles is 1. The number of piperazine rings is 1. The third kappa shape index (κ3) is 4.00. The van der Waals surface area contributed by atoms with Crippen molar-refractivity contribution in [2.24, 2.45) is 0 Å². The van der Waals surface area contributed by atoms with Gasteiger partial charge in [0.05, 0.1) is 25.2 Å². The van der Waals surface area contributed by atoms with Crippen molar-refractivity contribution in [2.75, 3.05) is 32.8 Å². The Morgan fingerprint density at radius 1 is 1.34 bits per heavy atom. The molecule has 0 saturated carbocycles. The first kappa shape index (κ1) is 20.7. The topological polar surface area (TPSA) is 113 Å². The molecular formula is C21H22N8O2S. The molecule has 0 spiro atoms. The monoisotopic (exact) mass is 450 g/mol. The molecule has 0 N–H and O–H groups in total. The SMILES string of the molecule is Cc1c([C@H]2CN3CCN(C(=O)Cc4ccc(-n5cnnn5)nc4)C[C@H]3CO2)csc1C#N. The average Bonchev–Trinajstić information content (AvgIpc) is 3.49. The van der Waals surface area contributed by atoms with Crippen molar-refractivity contribution in [3.05, 3.63) is 51.6 Å². The average molecular weight is 451 g/mol. The molecule has 0 aliphatic carbocycles. The lowest BCUT2D eigenvalue weighted by Crippen LogP contribution is -2.59. The van der Waals surface area contributed by atoms with Crippen molar-refractivity contribution in [1.82, 2.24) is 35.0 Å². The van der Waals surface area contributed by atoms with Gasteiger partial charge in [-0.2, -0.15) is 9.94 Å². The van der Waals surface area contributed by atoms with E-state index in [-0.39, 0.29) is 18.1 Å². The van der Waals surface area contributed by atoms with Gasteiger partial charge in [-0.15, -0.1) is 16.4 Å². The summed E-state index contributed by atoms with van der Waals surface area (Å²) in [5.41, 5.74) is 2.99. The van der Waals surface area contributed by atoms with Gasteiger partial charge in [0.25, 0.3) is 0 Å². The number of morpholine rings is 1. The minimum Gasteiger partial charge on any atom is -0.370 e. The highest BCUT2D eigenvalue weighted by Gasteiger charge is 2.36. The fourth-order valence-corrected chi connectivity index (χ4v) is 5.19. The van der Waals surface area contributed by atoms with Crippen LogP contribution in [0.3, 0.4) is 0 Å². The summed E-state index contributed by atoms with van der Waals surface area (Å²) < 4.78 is 7.63. The summed E-state index contributed by atoms with van der Waals surface area (Å²) in [7, 11) is 0. The van der Waals surface area contributed by atoms with E-state index in [9.17, 15) is 10.1 Å². The highest BCUT2D eigenvalue weighted by Crippen LogP contribution is 2.33. The van der Waals surface area contributed by atoms with Gasteiger partial charge in [-0.1, -0.05) is 6.07 Å². The van der Waals surface area contributed by atoms with Gasteiger partial charge < -0.3 is 9.64 Å². The van der Waals surface area contributed by atoms with E-state index < -0.39 is 0 Å². The Morgan fingerprint density at radius 2 is 2.25 bits per heavy atom. The molecule has 10 nitrogen and oxygen atoms in total. The molecule has 2 atom stereocenters. The summed E-state index contributed by atoms with van der Waals surface area (Å²) in [5, 5.41) is 22.3. The molecule has 164 valence electrons. The minimum atomic E-state index is -0.0170. The van der Waals surface area contributed by atoms with Crippen LogP contribution in [-0.4, -0.2) is 79.7 Å².